The van der Waals surface area contributed by atoms with Gasteiger partial charge in [-0.1, -0.05) is 12.1 Å². The molecule has 156 valence electrons. The summed E-state index contributed by atoms with van der Waals surface area (Å²) in [6.45, 7) is 1.21. The van der Waals surface area contributed by atoms with Gasteiger partial charge in [-0.05, 0) is 37.3 Å². The number of benzene rings is 2. The van der Waals surface area contributed by atoms with Gasteiger partial charge in [0.25, 0.3) is 5.91 Å². The number of amides is 1. The molecule has 0 aromatic heterocycles. The largest absolute Gasteiger partial charge is 0.493 e. The maximum absolute atomic E-state index is 12.5. The van der Waals surface area contributed by atoms with Crippen molar-refractivity contribution in [3.63, 3.8) is 0 Å². The molecule has 0 aliphatic carbocycles. The lowest BCUT2D eigenvalue weighted by atomic mass is 10.2. The highest BCUT2D eigenvalue weighted by atomic mass is 32.2. The van der Waals surface area contributed by atoms with Gasteiger partial charge in [0.1, 0.15) is 18.5 Å². The molecule has 1 aliphatic rings. The van der Waals surface area contributed by atoms with Crippen molar-refractivity contribution in [3.8, 4) is 17.2 Å². The third-order valence-corrected chi connectivity index (χ3v) is 5.62. The molecule has 9 nitrogen and oxygen atoms in total. The molecule has 0 radical (unpaired) electrons. The third-order valence-electron chi connectivity index (χ3n) is 4.20. The van der Waals surface area contributed by atoms with E-state index in [0.717, 1.165) is 0 Å². The van der Waals surface area contributed by atoms with Gasteiger partial charge < -0.3 is 24.6 Å². The molecular weight excluding hydrogens is 400 g/mol. The van der Waals surface area contributed by atoms with Crippen LogP contribution in [0.15, 0.2) is 47.4 Å². The second-order valence-corrected chi connectivity index (χ2v) is 8.14. The van der Waals surface area contributed by atoms with Crippen molar-refractivity contribution in [2.24, 2.45) is 0 Å². The highest BCUT2D eigenvalue weighted by molar-refractivity contribution is 7.89. The minimum Gasteiger partial charge on any atom is -0.493 e. The number of anilines is 1. The van der Waals surface area contributed by atoms with E-state index >= 15 is 0 Å². The monoisotopic (exact) mass is 422 g/mol. The van der Waals surface area contributed by atoms with Crippen LogP contribution in [0.3, 0.4) is 0 Å². The van der Waals surface area contributed by atoms with E-state index in [4.69, 9.17) is 14.2 Å². The zero-order chi connectivity index (χ0) is 21.0. The molecule has 0 fully saturated rings. The average Bonchev–Trinajstić information content (AvgIpc) is 2.71. The van der Waals surface area contributed by atoms with Crippen molar-refractivity contribution in [1.82, 2.24) is 4.72 Å². The predicted molar refractivity (Wildman–Crippen MR) is 105 cm³/mol. The fraction of sp³-hybridized carbons (Fsp3) is 0.316. The van der Waals surface area contributed by atoms with Crippen molar-refractivity contribution < 1.29 is 32.5 Å². The lowest BCUT2D eigenvalue weighted by Crippen LogP contribution is -2.36. The first kappa shape index (κ1) is 20.9. The van der Waals surface area contributed by atoms with Crippen LogP contribution < -0.4 is 24.2 Å². The Morgan fingerprint density at radius 3 is 2.69 bits per heavy atom. The van der Waals surface area contributed by atoms with E-state index in [0.29, 0.717) is 17.2 Å². The molecule has 10 heteroatoms. The van der Waals surface area contributed by atoms with Crippen LogP contribution in [0, 0.1) is 0 Å². The van der Waals surface area contributed by atoms with Crippen LogP contribution in [0.1, 0.15) is 6.92 Å². The van der Waals surface area contributed by atoms with Gasteiger partial charge in [0.2, 0.25) is 10.0 Å². The molecule has 2 atom stereocenters. The lowest BCUT2D eigenvalue weighted by Gasteiger charge is -2.23. The maximum Gasteiger partial charge on any atom is 0.265 e. The molecule has 0 bridgehead atoms. The molecule has 3 rings (SSSR count). The standard InChI is InChI=1S/C19H22N2O7S/c1-12-19(23)21-15-9-14(7-8-16(15)28-12)29(24,25)20-10-13(22)11-27-18-6-4-3-5-17(18)26-2/h3-9,12-13,20,22H,10-11H2,1-2H3,(H,21,23)/t12-,13-/m1/s1. The molecule has 0 saturated carbocycles. The molecule has 1 heterocycles. The molecule has 0 spiro atoms. The SMILES string of the molecule is COc1ccccc1OC[C@H](O)CNS(=O)(=O)c1ccc2c(c1)NC(=O)[C@@H](C)O2. The van der Waals surface area contributed by atoms with Crippen LogP contribution >= 0.6 is 0 Å². The van der Waals surface area contributed by atoms with Crippen molar-refractivity contribution in [2.45, 2.75) is 24.0 Å². The number of hydrogen-bond acceptors (Lipinski definition) is 7. The van der Waals surface area contributed by atoms with Gasteiger partial charge in [0, 0.05) is 6.54 Å². The van der Waals surface area contributed by atoms with Gasteiger partial charge in [-0.15, -0.1) is 0 Å². The van der Waals surface area contributed by atoms with Gasteiger partial charge in [-0.25, -0.2) is 13.1 Å². The number of hydrogen-bond donors (Lipinski definition) is 3. The normalized spacial score (nSPS) is 16.9. The fourth-order valence-electron chi connectivity index (χ4n) is 2.63. The van der Waals surface area contributed by atoms with E-state index in [1.54, 1.807) is 31.2 Å². The molecule has 1 aliphatic heterocycles. The Morgan fingerprint density at radius 2 is 1.97 bits per heavy atom. The summed E-state index contributed by atoms with van der Waals surface area (Å²) in [5.41, 5.74) is 0.274. The summed E-state index contributed by atoms with van der Waals surface area (Å²) in [5, 5.41) is 12.7. The molecule has 2 aromatic carbocycles. The number of fused-ring (bicyclic) bond motifs is 1. The molecule has 0 unspecified atom stereocenters. The second kappa shape index (κ2) is 8.68. The number of aliphatic hydroxyl groups is 1. The second-order valence-electron chi connectivity index (χ2n) is 6.37. The number of methoxy groups -OCH3 is 1. The number of carbonyl (C=O) groups is 1. The van der Waals surface area contributed by atoms with Gasteiger partial charge in [-0.3, -0.25) is 4.79 Å². The summed E-state index contributed by atoms with van der Waals surface area (Å²) in [7, 11) is -2.41. The summed E-state index contributed by atoms with van der Waals surface area (Å²) < 4.78 is 43.4. The van der Waals surface area contributed by atoms with Crippen LogP contribution in [0.5, 0.6) is 17.2 Å². The van der Waals surface area contributed by atoms with Crippen LogP contribution in [0.4, 0.5) is 5.69 Å². The van der Waals surface area contributed by atoms with Crippen molar-refractivity contribution in [1.29, 1.82) is 0 Å². The van der Waals surface area contributed by atoms with E-state index in [1.165, 1.54) is 25.3 Å². The Balaban J connectivity index is 1.60. The highest BCUT2D eigenvalue weighted by Crippen LogP contribution is 2.31. The molecule has 2 aromatic rings. The molecular formula is C19H22N2O7S. The summed E-state index contributed by atoms with van der Waals surface area (Å²) in [6.07, 6.45) is -1.74. The van der Waals surface area contributed by atoms with Crippen LogP contribution in [0.25, 0.3) is 0 Å². The van der Waals surface area contributed by atoms with E-state index in [9.17, 15) is 18.3 Å². The third kappa shape index (κ3) is 4.97. The molecule has 1 amide bonds. The van der Waals surface area contributed by atoms with Gasteiger partial charge in [0.05, 0.1) is 17.7 Å². The Labute approximate surface area is 168 Å². The fourth-order valence-corrected chi connectivity index (χ4v) is 3.73. The van der Waals surface area contributed by atoms with Crippen molar-refractivity contribution in [3.05, 3.63) is 42.5 Å². The number of rotatable bonds is 8. The van der Waals surface area contributed by atoms with E-state index in [1.807, 2.05) is 0 Å². The van der Waals surface area contributed by atoms with Crippen molar-refractivity contribution >= 4 is 21.6 Å². The number of ether oxygens (including phenoxy) is 3. The summed E-state index contributed by atoms with van der Waals surface area (Å²) in [5.74, 6) is 0.981. The minimum absolute atomic E-state index is 0.0625. The Bertz CT molecular complexity index is 994. The first-order valence-corrected chi connectivity index (χ1v) is 10.3. The Kier molecular flexibility index (Phi) is 6.26. The zero-order valence-corrected chi connectivity index (χ0v) is 16.7. The van der Waals surface area contributed by atoms with E-state index in [2.05, 4.69) is 10.0 Å². The first-order valence-electron chi connectivity index (χ1n) is 8.85. The quantitative estimate of drug-likeness (QED) is 0.583. The minimum atomic E-state index is -3.91. The van der Waals surface area contributed by atoms with Crippen molar-refractivity contribution in [2.75, 3.05) is 25.6 Å². The Morgan fingerprint density at radius 1 is 1.24 bits per heavy atom. The zero-order valence-electron chi connectivity index (χ0n) is 15.9. The van der Waals surface area contributed by atoms with Crippen LogP contribution in [0.2, 0.25) is 0 Å². The molecule has 3 N–H and O–H groups in total. The highest BCUT2D eigenvalue weighted by Gasteiger charge is 2.26. The summed E-state index contributed by atoms with van der Waals surface area (Å²) in [6, 6.07) is 11.1. The average molecular weight is 422 g/mol. The molecule has 0 saturated heterocycles. The first-order chi connectivity index (χ1) is 13.8. The van der Waals surface area contributed by atoms with E-state index < -0.39 is 22.2 Å². The van der Waals surface area contributed by atoms with Crippen LogP contribution in [-0.4, -0.2) is 51.9 Å². The van der Waals surface area contributed by atoms with Crippen LogP contribution in [-0.2, 0) is 14.8 Å². The van der Waals surface area contributed by atoms with E-state index in [-0.39, 0.29) is 29.6 Å². The number of sulfonamides is 1. The topological polar surface area (TPSA) is 123 Å². The maximum atomic E-state index is 12.5. The number of para-hydroxylation sites is 2. The smallest absolute Gasteiger partial charge is 0.265 e. The number of nitrogens with one attached hydrogen (secondary N) is 2. The summed E-state index contributed by atoms with van der Waals surface area (Å²) in [4.78, 5) is 11.6. The van der Waals surface area contributed by atoms with Gasteiger partial charge >= 0.3 is 0 Å². The summed E-state index contributed by atoms with van der Waals surface area (Å²) >= 11 is 0. The van der Waals surface area contributed by atoms with Gasteiger partial charge in [-0.2, -0.15) is 0 Å². The number of aliphatic hydroxyl groups excluding tert-OH is 1. The number of carbonyl (C=O) groups excluding carboxylic acids is 1. The van der Waals surface area contributed by atoms with Gasteiger partial charge in [0.15, 0.2) is 17.6 Å². The predicted octanol–water partition coefficient (Wildman–Crippen LogP) is 1.13. The Hall–Kier alpha value is -2.82. The molecule has 29 heavy (non-hydrogen) atoms. The lowest BCUT2D eigenvalue weighted by molar-refractivity contribution is -0.122.